The number of hydrogen-bond donors (Lipinski definition) is 1. The van der Waals surface area contributed by atoms with Crippen molar-refractivity contribution in [3.63, 3.8) is 0 Å². The Balaban J connectivity index is 2.09. The molecule has 0 unspecified atom stereocenters. The molecular weight excluding hydrogens is 368 g/mol. The Hall–Kier alpha value is -1.95. The van der Waals surface area contributed by atoms with Crippen molar-refractivity contribution in [3.05, 3.63) is 46.2 Å². The van der Waals surface area contributed by atoms with Crippen LogP contribution >= 0.6 is 15.9 Å². The largest absolute Gasteiger partial charge is 0.339 e. The van der Waals surface area contributed by atoms with Crippen molar-refractivity contribution in [3.8, 4) is 0 Å². The molecule has 0 saturated heterocycles. The minimum atomic E-state index is -0.00950. The number of benzene rings is 1. The Kier molecular flexibility index (Phi) is 6.73. The molecule has 1 N–H and O–H groups in total. The molecule has 1 heterocycles. The van der Waals surface area contributed by atoms with E-state index in [1.54, 1.807) is 12.4 Å². The van der Waals surface area contributed by atoms with Gasteiger partial charge in [-0.1, -0.05) is 29.8 Å². The number of anilines is 2. The Morgan fingerprint density at radius 3 is 2.33 bits per heavy atom. The lowest BCUT2D eigenvalue weighted by Crippen LogP contribution is -2.32. The van der Waals surface area contributed by atoms with E-state index in [4.69, 9.17) is 0 Å². The molecule has 0 aliphatic heterocycles. The second kappa shape index (κ2) is 8.78. The zero-order valence-electron chi connectivity index (χ0n) is 14.3. The summed E-state index contributed by atoms with van der Waals surface area (Å²) in [5.41, 5.74) is 2.56. The molecule has 24 heavy (non-hydrogen) atoms. The van der Waals surface area contributed by atoms with Crippen LogP contribution in [0.2, 0.25) is 0 Å². The third-order valence-electron chi connectivity index (χ3n) is 3.59. The van der Waals surface area contributed by atoms with Gasteiger partial charge >= 0.3 is 0 Å². The SMILES string of the molecule is CCCN(CCC)C(=O)c1cnc(Nc2ccc(Br)c(C)c2)nc1. The first kappa shape index (κ1) is 18.4. The molecule has 0 atom stereocenters. The van der Waals surface area contributed by atoms with Gasteiger partial charge in [0.25, 0.3) is 5.91 Å². The minimum absolute atomic E-state index is 0.00950. The summed E-state index contributed by atoms with van der Waals surface area (Å²) in [5.74, 6) is 0.468. The van der Waals surface area contributed by atoms with Gasteiger partial charge in [0.2, 0.25) is 5.95 Å². The van der Waals surface area contributed by atoms with E-state index in [9.17, 15) is 4.79 Å². The second-order valence-electron chi connectivity index (χ2n) is 5.68. The maximum atomic E-state index is 12.5. The lowest BCUT2D eigenvalue weighted by atomic mass is 10.2. The van der Waals surface area contributed by atoms with E-state index in [0.717, 1.165) is 41.7 Å². The van der Waals surface area contributed by atoms with Crippen molar-refractivity contribution >= 4 is 33.5 Å². The Morgan fingerprint density at radius 1 is 1.17 bits per heavy atom. The quantitative estimate of drug-likeness (QED) is 0.752. The summed E-state index contributed by atoms with van der Waals surface area (Å²) in [7, 11) is 0. The van der Waals surface area contributed by atoms with Crippen LogP contribution < -0.4 is 5.32 Å². The lowest BCUT2D eigenvalue weighted by Gasteiger charge is -2.21. The first-order valence-electron chi connectivity index (χ1n) is 8.19. The van der Waals surface area contributed by atoms with E-state index in [1.807, 2.05) is 30.0 Å². The topological polar surface area (TPSA) is 58.1 Å². The van der Waals surface area contributed by atoms with Gasteiger partial charge < -0.3 is 10.2 Å². The molecule has 1 aromatic heterocycles. The van der Waals surface area contributed by atoms with E-state index < -0.39 is 0 Å². The van der Waals surface area contributed by atoms with Crippen molar-refractivity contribution in [2.75, 3.05) is 18.4 Å². The van der Waals surface area contributed by atoms with Gasteiger partial charge in [-0.05, 0) is 43.5 Å². The fraction of sp³-hybridized carbons (Fsp3) is 0.389. The van der Waals surface area contributed by atoms with Crippen LogP contribution in [0.25, 0.3) is 0 Å². The van der Waals surface area contributed by atoms with E-state index >= 15 is 0 Å². The van der Waals surface area contributed by atoms with Crippen LogP contribution in [0, 0.1) is 6.92 Å². The molecule has 0 aliphatic rings. The van der Waals surface area contributed by atoms with Gasteiger partial charge in [0.1, 0.15) is 0 Å². The molecule has 2 aromatic rings. The summed E-state index contributed by atoms with van der Waals surface area (Å²) >= 11 is 3.48. The minimum Gasteiger partial charge on any atom is -0.339 e. The maximum Gasteiger partial charge on any atom is 0.256 e. The number of rotatable bonds is 7. The number of aryl methyl sites for hydroxylation is 1. The molecule has 1 aromatic carbocycles. The highest BCUT2D eigenvalue weighted by atomic mass is 79.9. The number of carbonyl (C=O) groups excluding carboxylic acids is 1. The summed E-state index contributed by atoms with van der Waals surface area (Å²) < 4.78 is 1.06. The van der Waals surface area contributed by atoms with Gasteiger partial charge in [0, 0.05) is 35.6 Å². The normalized spacial score (nSPS) is 10.5. The smallest absolute Gasteiger partial charge is 0.256 e. The Labute approximate surface area is 151 Å². The molecule has 0 aliphatic carbocycles. The van der Waals surface area contributed by atoms with Crippen molar-refractivity contribution in [2.24, 2.45) is 0 Å². The van der Waals surface area contributed by atoms with Crippen molar-refractivity contribution in [2.45, 2.75) is 33.6 Å². The number of halogens is 1. The molecule has 6 heteroatoms. The van der Waals surface area contributed by atoms with E-state index in [-0.39, 0.29) is 5.91 Å². The average Bonchev–Trinajstić information content (AvgIpc) is 2.58. The predicted molar refractivity (Wildman–Crippen MR) is 101 cm³/mol. The summed E-state index contributed by atoms with van der Waals surface area (Å²) in [5, 5.41) is 3.15. The van der Waals surface area contributed by atoms with Crippen LogP contribution in [0.5, 0.6) is 0 Å². The highest BCUT2D eigenvalue weighted by molar-refractivity contribution is 9.10. The first-order valence-corrected chi connectivity index (χ1v) is 8.99. The molecule has 0 bridgehead atoms. The van der Waals surface area contributed by atoms with Gasteiger partial charge in [-0.3, -0.25) is 4.79 Å². The second-order valence-corrected chi connectivity index (χ2v) is 6.53. The molecular formula is C18H23BrN4O. The first-order chi connectivity index (χ1) is 11.5. The molecule has 5 nitrogen and oxygen atoms in total. The van der Waals surface area contributed by atoms with Crippen LogP contribution in [-0.2, 0) is 0 Å². The molecule has 1 amide bonds. The highest BCUT2D eigenvalue weighted by Crippen LogP contribution is 2.21. The standard InChI is InChI=1S/C18H23BrN4O/c1-4-8-23(9-5-2)17(24)14-11-20-18(21-12-14)22-15-6-7-16(19)13(3)10-15/h6-7,10-12H,4-5,8-9H2,1-3H3,(H,20,21,22). The third kappa shape index (κ3) is 4.77. The van der Waals surface area contributed by atoms with E-state index in [2.05, 4.69) is 45.1 Å². The highest BCUT2D eigenvalue weighted by Gasteiger charge is 2.15. The van der Waals surface area contributed by atoms with Crippen LogP contribution in [0.3, 0.4) is 0 Å². The van der Waals surface area contributed by atoms with Gasteiger partial charge in [-0.15, -0.1) is 0 Å². The van der Waals surface area contributed by atoms with Gasteiger partial charge in [0.05, 0.1) is 5.56 Å². The third-order valence-corrected chi connectivity index (χ3v) is 4.48. The summed E-state index contributed by atoms with van der Waals surface area (Å²) in [6, 6.07) is 5.93. The number of aromatic nitrogens is 2. The number of carbonyl (C=O) groups is 1. The van der Waals surface area contributed by atoms with Crippen LogP contribution in [0.4, 0.5) is 11.6 Å². The predicted octanol–water partition coefficient (Wildman–Crippen LogP) is 4.55. The van der Waals surface area contributed by atoms with Gasteiger partial charge in [-0.2, -0.15) is 0 Å². The van der Waals surface area contributed by atoms with Crippen LogP contribution in [0.1, 0.15) is 42.6 Å². The molecule has 2 rings (SSSR count). The van der Waals surface area contributed by atoms with Crippen molar-refractivity contribution in [1.29, 1.82) is 0 Å². The van der Waals surface area contributed by atoms with E-state index in [1.165, 1.54) is 0 Å². The molecule has 0 fully saturated rings. The molecule has 0 saturated carbocycles. The summed E-state index contributed by atoms with van der Waals surface area (Å²) in [6.45, 7) is 7.67. The van der Waals surface area contributed by atoms with Crippen molar-refractivity contribution < 1.29 is 4.79 Å². The number of amides is 1. The maximum absolute atomic E-state index is 12.5. The number of hydrogen-bond acceptors (Lipinski definition) is 4. The summed E-state index contributed by atoms with van der Waals surface area (Å²) in [6.07, 6.45) is 5.05. The number of nitrogens with one attached hydrogen (secondary N) is 1. The van der Waals surface area contributed by atoms with Crippen LogP contribution in [-0.4, -0.2) is 33.9 Å². The molecule has 128 valence electrons. The zero-order chi connectivity index (χ0) is 17.5. The lowest BCUT2D eigenvalue weighted by molar-refractivity contribution is 0.0755. The fourth-order valence-electron chi connectivity index (χ4n) is 2.39. The Morgan fingerprint density at radius 2 is 1.79 bits per heavy atom. The monoisotopic (exact) mass is 390 g/mol. The van der Waals surface area contributed by atoms with Gasteiger partial charge in [-0.25, -0.2) is 9.97 Å². The number of nitrogens with zero attached hydrogens (tertiary/aromatic N) is 3. The van der Waals surface area contributed by atoms with Crippen LogP contribution in [0.15, 0.2) is 35.1 Å². The molecule has 0 radical (unpaired) electrons. The Bertz CT molecular complexity index is 682. The zero-order valence-corrected chi connectivity index (χ0v) is 15.9. The van der Waals surface area contributed by atoms with Crippen molar-refractivity contribution in [1.82, 2.24) is 14.9 Å². The van der Waals surface area contributed by atoms with E-state index in [0.29, 0.717) is 11.5 Å². The van der Waals surface area contributed by atoms with Gasteiger partial charge in [0.15, 0.2) is 0 Å². The fourth-order valence-corrected chi connectivity index (χ4v) is 2.64. The average molecular weight is 391 g/mol. The summed E-state index contributed by atoms with van der Waals surface area (Å²) in [4.78, 5) is 22.9. The molecule has 0 spiro atoms.